The van der Waals surface area contributed by atoms with Gasteiger partial charge in [0, 0.05) is 46.9 Å². The molecule has 2 aliphatic rings. The van der Waals surface area contributed by atoms with Crippen molar-refractivity contribution in [2.24, 2.45) is 5.92 Å². The molecule has 2 N–H and O–H groups in total. The lowest BCUT2D eigenvalue weighted by atomic mass is 9.88. The van der Waals surface area contributed by atoms with E-state index >= 15 is 0 Å². The zero-order valence-corrected chi connectivity index (χ0v) is 23.8. The Balaban J connectivity index is 1.20. The minimum atomic E-state index is -4.60. The number of amides is 2. The minimum absolute atomic E-state index is 0.119. The van der Waals surface area contributed by atoms with Gasteiger partial charge >= 0.3 is 6.18 Å². The summed E-state index contributed by atoms with van der Waals surface area (Å²) in [6, 6.07) is 8.03. The molecule has 220 valence electrons. The molecule has 0 aliphatic carbocycles. The molecule has 0 spiro atoms. The molecule has 2 aliphatic heterocycles. The fraction of sp³-hybridized carbons (Fsp3) is 0.379. The third kappa shape index (κ3) is 5.41. The Hall–Kier alpha value is -3.74. The van der Waals surface area contributed by atoms with Gasteiger partial charge in [-0.1, -0.05) is 12.1 Å². The van der Waals surface area contributed by atoms with Crippen LogP contribution in [-0.2, 0) is 22.6 Å². The number of piperidine rings is 1. The van der Waals surface area contributed by atoms with Crippen molar-refractivity contribution < 1.29 is 27.2 Å². The van der Waals surface area contributed by atoms with Gasteiger partial charge in [0.25, 0.3) is 5.56 Å². The number of aromatic nitrogens is 3. The summed E-state index contributed by atoms with van der Waals surface area (Å²) in [4.78, 5) is 44.5. The molecule has 0 saturated carbocycles. The van der Waals surface area contributed by atoms with Crippen LogP contribution in [0.15, 0.2) is 45.8 Å². The van der Waals surface area contributed by atoms with Crippen LogP contribution in [0.4, 0.5) is 17.6 Å². The first-order chi connectivity index (χ1) is 20.0. The van der Waals surface area contributed by atoms with E-state index in [0.717, 1.165) is 4.90 Å². The van der Waals surface area contributed by atoms with Gasteiger partial charge in [-0.25, -0.2) is 4.39 Å². The number of H-pyrrole nitrogens is 2. The predicted octanol–water partition coefficient (Wildman–Crippen LogP) is 5.17. The number of pyridine rings is 1. The molecule has 4 heterocycles. The summed E-state index contributed by atoms with van der Waals surface area (Å²) in [7, 11) is 0. The number of alkyl halides is 3. The second kappa shape index (κ2) is 10.8. The summed E-state index contributed by atoms with van der Waals surface area (Å²) in [6.45, 7) is -0.998. The number of hydrogen-bond donors (Lipinski definition) is 2. The number of benzene rings is 2. The van der Waals surface area contributed by atoms with Gasteiger partial charge in [-0.05, 0) is 70.4 Å². The van der Waals surface area contributed by atoms with Crippen LogP contribution in [0.5, 0.6) is 0 Å². The second-order valence-corrected chi connectivity index (χ2v) is 11.8. The van der Waals surface area contributed by atoms with Gasteiger partial charge in [0.15, 0.2) is 0 Å². The third-order valence-electron chi connectivity index (χ3n) is 8.30. The average Bonchev–Trinajstić information content (AvgIpc) is 3.40. The number of nitrogens with one attached hydrogen (secondary N) is 2. The van der Waals surface area contributed by atoms with E-state index in [1.54, 1.807) is 29.2 Å². The standard InChI is InChI=1S/C29H26BrF4N5O3/c30-22-10-17-8-18(28(42)39(14-29(32,33)34)13-21(17)20-12-35-37-26(20)22)11-24(40)38-6-4-15(5-7-38)19-9-16-2-1-3-23(31)25(16)36-27(19)41/h1-3,9-10,12,15,18H,4-8,11,13-14H2,(H,35,37)(H,36,41)/t18-/m0/s1. The number of rotatable bonds is 4. The normalized spacial score (nSPS) is 18.5. The Bertz CT molecular complexity index is 1760. The van der Waals surface area contributed by atoms with Gasteiger partial charge in [0.1, 0.15) is 12.4 Å². The Labute approximate surface area is 245 Å². The SMILES string of the molecule is O=C(C[C@@H]1Cc2cc(Br)c3[nH]ncc3c2CN(CC(F)(F)F)C1=O)N1CCC(c2cc3cccc(F)c3[nH]c2=O)CC1. The summed E-state index contributed by atoms with van der Waals surface area (Å²) in [5.41, 5.74) is 2.19. The van der Waals surface area contributed by atoms with Crippen LogP contribution in [0.1, 0.15) is 41.9 Å². The van der Waals surface area contributed by atoms with Crippen molar-refractivity contribution >= 4 is 49.6 Å². The molecule has 1 saturated heterocycles. The minimum Gasteiger partial charge on any atom is -0.343 e. The van der Waals surface area contributed by atoms with E-state index < -0.39 is 30.4 Å². The maximum Gasteiger partial charge on any atom is 0.406 e. The molecule has 1 atom stereocenters. The van der Waals surface area contributed by atoms with Crippen LogP contribution in [0, 0.1) is 11.7 Å². The van der Waals surface area contributed by atoms with E-state index in [-0.39, 0.29) is 42.3 Å². The fourth-order valence-corrected chi connectivity index (χ4v) is 6.81. The van der Waals surface area contributed by atoms with Crippen LogP contribution < -0.4 is 5.56 Å². The molecule has 8 nitrogen and oxygen atoms in total. The Kier molecular flexibility index (Phi) is 7.32. The van der Waals surface area contributed by atoms with Gasteiger partial charge in [-0.3, -0.25) is 19.5 Å². The van der Waals surface area contributed by atoms with Crippen molar-refractivity contribution in [3.8, 4) is 0 Å². The second-order valence-electron chi connectivity index (χ2n) is 11.0. The lowest BCUT2D eigenvalue weighted by molar-refractivity contribution is -0.165. The molecule has 6 rings (SSSR count). The van der Waals surface area contributed by atoms with Gasteiger partial charge in [-0.2, -0.15) is 18.3 Å². The van der Waals surface area contributed by atoms with E-state index in [9.17, 15) is 31.9 Å². The van der Waals surface area contributed by atoms with Crippen LogP contribution >= 0.6 is 15.9 Å². The number of nitrogens with zero attached hydrogens (tertiary/aromatic N) is 3. The maximum absolute atomic E-state index is 14.1. The van der Waals surface area contributed by atoms with Crippen molar-refractivity contribution in [3.05, 3.63) is 73.9 Å². The topological polar surface area (TPSA) is 102 Å². The molecule has 2 amide bonds. The van der Waals surface area contributed by atoms with Gasteiger partial charge in [0.2, 0.25) is 11.8 Å². The van der Waals surface area contributed by atoms with Crippen molar-refractivity contribution in [1.82, 2.24) is 25.0 Å². The van der Waals surface area contributed by atoms with Crippen LogP contribution in [-0.4, -0.2) is 62.6 Å². The molecule has 4 aromatic rings. The summed E-state index contributed by atoms with van der Waals surface area (Å²) >= 11 is 3.47. The summed E-state index contributed by atoms with van der Waals surface area (Å²) in [6.07, 6.45) is -2.21. The Morgan fingerprint density at radius 1 is 1.12 bits per heavy atom. The van der Waals surface area contributed by atoms with Crippen LogP contribution in [0.3, 0.4) is 0 Å². The van der Waals surface area contributed by atoms with Crippen LogP contribution in [0.2, 0.25) is 0 Å². The summed E-state index contributed by atoms with van der Waals surface area (Å²) in [5, 5.41) is 8.05. The van der Waals surface area contributed by atoms with E-state index in [1.165, 1.54) is 12.3 Å². The smallest absolute Gasteiger partial charge is 0.343 e. The molecule has 0 radical (unpaired) electrons. The summed E-state index contributed by atoms with van der Waals surface area (Å²) in [5.74, 6) is -2.65. The van der Waals surface area contributed by atoms with Crippen molar-refractivity contribution in [2.45, 2.75) is 44.3 Å². The Morgan fingerprint density at radius 2 is 1.88 bits per heavy atom. The molecule has 2 aromatic carbocycles. The number of aromatic amines is 2. The van der Waals surface area contributed by atoms with Gasteiger partial charge in [-0.15, -0.1) is 0 Å². The van der Waals surface area contributed by atoms with Gasteiger partial charge < -0.3 is 14.8 Å². The molecule has 0 unspecified atom stereocenters. The number of fused-ring (bicyclic) bond motifs is 4. The number of carbonyl (C=O) groups is 2. The first kappa shape index (κ1) is 28.4. The highest BCUT2D eigenvalue weighted by Crippen LogP contribution is 2.36. The molecule has 13 heteroatoms. The predicted molar refractivity (Wildman–Crippen MR) is 150 cm³/mol. The van der Waals surface area contributed by atoms with Crippen molar-refractivity contribution in [3.63, 3.8) is 0 Å². The number of hydrogen-bond acceptors (Lipinski definition) is 4. The number of halogens is 5. The molecule has 42 heavy (non-hydrogen) atoms. The highest BCUT2D eigenvalue weighted by Gasteiger charge is 2.39. The molecule has 2 aromatic heterocycles. The molecule has 0 bridgehead atoms. The first-order valence-electron chi connectivity index (χ1n) is 13.6. The number of carbonyl (C=O) groups excluding carboxylic acids is 2. The van der Waals surface area contributed by atoms with E-state index in [2.05, 4.69) is 31.1 Å². The maximum atomic E-state index is 14.1. The van der Waals surface area contributed by atoms with Crippen molar-refractivity contribution in [2.75, 3.05) is 19.6 Å². The molecular formula is C29H26BrF4N5O3. The van der Waals surface area contributed by atoms with Gasteiger partial charge in [0.05, 0.1) is 23.1 Å². The van der Waals surface area contributed by atoms with Crippen LogP contribution in [0.25, 0.3) is 21.8 Å². The first-order valence-corrected chi connectivity index (χ1v) is 14.4. The third-order valence-corrected chi connectivity index (χ3v) is 8.93. The molecular weight excluding hydrogens is 622 g/mol. The highest BCUT2D eigenvalue weighted by atomic mass is 79.9. The number of likely N-dealkylation sites (tertiary alicyclic amines) is 1. The number of para-hydroxylation sites is 1. The van der Waals surface area contributed by atoms with E-state index in [1.807, 2.05) is 0 Å². The Morgan fingerprint density at radius 3 is 2.62 bits per heavy atom. The highest BCUT2D eigenvalue weighted by molar-refractivity contribution is 9.10. The lowest BCUT2D eigenvalue weighted by Crippen LogP contribution is -2.44. The van der Waals surface area contributed by atoms with Crippen molar-refractivity contribution in [1.29, 1.82) is 0 Å². The van der Waals surface area contributed by atoms with E-state index in [0.29, 0.717) is 63.4 Å². The zero-order valence-electron chi connectivity index (χ0n) is 22.2. The zero-order chi connectivity index (χ0) is 29.8. The fourth-order valence-electron chi connectivity index (χ4n) is 6.24. The molecule has 1 fully saturated rings. The summed E-state index contributed by atoms with van der Waals surface area (Å²) < 4.78 is 55.2. The monoisotopic (exact) mass is 647 g/mol. The average molecular weight is 648 g/mol. The lowest BCUT2D eigenvalue weighted by Gasteiger charge is -2.33. The quantitative estimate of drug-likeness (QED) is 0.299. The van der Waals surface area contributed by atoms with E-state index in [4.69, 9.17) is 0 Å². The largest absolute Gasteiger partial charge is 0.406 e.